The average molecular weight is 256 g/mol. The number of rotatable bonds is 2. The summed E-state index contributed by atoms with van der Waals surface area (Å²) >= 11 is 5.95. The minimum Gasteiger partial charge on any atom is -0.368 e. The van der Waals surface area contributed by atoms with Crippen molar-refractivity contribution in [3.8, 4) is 0 Å². The van der Waals surface area contributed by atoms with Crippen molar-refractivity contribution >= 4 is 23.1 Å². The van der Waals surface area contributed by atoms with E-state index in [9.17, 15) is 9.18 Å². The highest BCUT2D eigenvalue weighted by Gasteiger charge is 2.20. The second kappa shape index (κ2) is 5.05. The number of hydrogen-bond donors (Lipinski definition) is 0. The van der Waals surface area contributed by atoms with Crippen LogP contribution in [0.15, 0.2) is 12.1 Å². The molecule has 0 amide bonds. The minimum atomic E-state index is -0.304. The van der Waals surface area contributed by atoms with E-state index in [4.69, 9.17) is 11.6 Å². The van der Waals surface area contributed by atoms with E-state index in [0.29, 0.717) is 36.6 Å². The van der Waals surface area contributed by atoms with E-state index < -0.39 is 0 Å². The van der Waals surface area contributed by atoms with Crippen LogP contribution in [0.5, 0.6) is 0 Å². The van der Waals surface area contributed by atoms with Crippen LogP contribution in [-0.4, -0.2) is 18.9 Å². The van der Waals surface area contributed by atoms with Crippen molar-refractivity contribution in [2.75, 3.05) is 18.0 Å². The maximum Gasteiger partial charge on any atom is 0.147 e. The number of nitrogens with zero attached hydrogens (tertiary/aromatic N) is 1. The molecule has 0 aromatic heterocycles. The highest BCUT2D eigenvalue weighted by molar-refractivity contribution is 6.31. The first kappa shape index (κ1) is 12.4. The third kappa shape index (κ3) is 2.60. The molecule has 1 aliphatic heterocycles. The molecule has 2 rings (SSSR count). The van der Waals surface area contributed by atoms with E-state index in [1.807, 2.05) is 11.8 Å². The van der Waals surface area contributed by atoms with Gasteiger partial charge < -0.3 is 4.90 Å². The SMILES string of the molecule is CCc1cc(N2CCC(=O)CC2)c(F)cc1Cl. The number of aryl methyl sites for hydroxylation is 1. The summed E-state index contributed by atoms with van der Waals surface area (Å²) in [7, 11) is 0. The topological polar surface area (TPSA) is 20.3 Å². The molecule has 0 aliphatic carbocycles. The number of benzene rings is 1. The van der Waals surface area contributed by atoms with Gasteiger partial charge in [0.05, 0.1) is 5.69 Å². The van der Waals surface area contributed by atoms with Gasteiger partial charge in [-0.15, -0.1) is 0 Å². The molecule has 0 unspecified atom stereocenters. The van der Waals surface area contributed by atoms with Crippen LogP contribution < -0.4 is 4.90 Å². The predicted octanol–water partition coefficient (Wildman–Crippen LogP) is 3.21. The zero-order valence-electron chi connectivity index (χ0n) is 9.80. The Morgan fingerprint density at radius 3 is 2.59 bits per heavy atom. The molecule has 0 atom stereocenters. The Kier molecular flexibility index (Phi) is 3.67. The van der Waals surface area contributed by atoms with Gasteiger partial charge in [-0.3, -0.25) is 4.79 Å². The summed E-state index contributed by atoms with van der Waals surface area (Å²) in [4.78, 5) is 13.1. The minimum absolute atomic E-state index is 0.256. The monoisotopic (exact) mass is 255 g/mol. The van der Waals surface area contributed by atoms with Gasteiger partial charge in [-0.2, -0.15) is 0 Å². The predicted molar refractivity (Wildman–Crippen MR) is 67.2 cm³/mol. The van der Waals surface area contributed by atoms with Crippen LogP contribution >= 0.6 is 11.6 Å². The Bertz CT molecular complexity index is 437. The van der Waals surface area contributed by atoms with Crippen LogP contribution in [-0.2, 0) is 11.2 Å². The smallest absolute Gasteiger partial charge is 0.147 e. The number of hydrogen-bond acceptors (Lipinski definition) is 2. The van der Waals surface area contributed by atoms with Gasteiger partial charge in [-0.05, 0) is 24.1 Å². The first-order valence-corrected chi connectivity index (χ1v) is 6.24. The second-order valence-corrected chi connectivity index (χ2v) is 4.68. The molecular formula is C13H15ClFNO. The summed E-state index contributed by atoms with van der Waals surface area (Å²) in [6, 6.07) is 3.17. The first-order chi connectivity index (χ1) is 8.11. The van der Waals surface area contributed by atoms with E-state index in [-0.39, 0.29) is 11.6 Å². The average Bonchev–Trinajstić information content (AvgIpc) is 2.31. The van der Waals surface area contributed by atoms with Crippen molar-refractivity contribution in [1.29, 1.82) is 0 Å². The fourth-order valence-electron chi connectivity index (χ4n) is 2.09. The molecule has 1 aromatic rings. The standard InChI is InChI=1S/C13H15ClFNO/c1-2-9-7-13(12(15)8-11(9)14)16-5-3-10(17)4-6-16/h7-8H,2-6H2,1H3. The van der Waals surface area contributed by atoms with Gasteiger partial charge in [0.15, 0.2) is 0 Å². The van der Waals surface area contributed by atoms with Crippen molar-refractivity contribution in [3.05, 3.63) is 28.5 Å². The van der Waals surface area contributed by atoms with Gasteiger partial charge >= 0.3 is 0 Å². The molecule has 0 spiro atoms. The molecule has 0 radical (unpaired) electrons. The summed E-state index contributed by atoms with van der Waals surface area (Å²) in [6.45, 7) is 3.18. The van der Waals surface area contributed by atoms with Crippen LogP contribution in [0.4, 0.5) is 10.1 Å². The molecule has 1 aromatic carbocycles. The summed E-state index contributed by atoms with van der Waals surface area (Å²) in [5.41, 5.74) is 1.51. The van der Waals surface area contributed by atoms with Gasteiger partial charge in [-0.25, -0.2) is 4.39 Å². The number of halogens is 2. The zero-order chi connectivity index (χ0) is 12.4. The molecule has 0 saturated carbocycles. The van der Waals surface area contributed by atoms with Crippen molar-refractivity contribution in [3.63, 3.8) is 0 Å². The maximum absolute atomic E-state index is 13.8. The van der Waals surface area contributed by atoms with Crippen LogP contribution in [0.1, 0.15) is 25.3 Å². The molecule has 92 valence electrons. The largest absolute Gasteiger partial charge is 0.368 e. The van der Waals surface area contributed by atoms with Gasteiger partial charge in [0.1, 0.15) is 11.6 Å². The lowest BCUT2D eigenvalue weighted by Gasteiger charge is -2.29. The number of piperidine rings is 1. The third-order valence-electron chi connectivity index (χ3n) is 3.16. The van der Waals surface area contributed by atoms with Crippen molar-refractivity contribution in [2.24, 2.45) is 0 Å². The molecule has 0 bridgehead atoms. The highest BCUT2D eigenvalue weighted by Crippen LogP contribution is 2.28. The van der Waals surface area contributed by atoms with E-state index in [1.54, 1.807) is 6.07 Å². The fourth-order valence-corrected chi connectivity index (χ4v) is 2.38. The number of ketones is 1. The Balaban J connectivity index is 2.28. The molecule has 17 heavy (non-hydrogen) atoms. The maximum atomic E-state index is 13.8. The quantitative estimate of drug-likeness (QED) is 0.809. The van der Waals surface area contributed by atoms with Crippen LogP contribution in [0.3, 0.4) is 0 Å². The molecule has 1 aliphatic rings. The van der Waals surface area contributed by atoms with E-state index in [0.717, 1.165) is 12.0 Å². The number of carbonyl (C=O) groups excluding carboxylic acids is 1. The van der Waals surface area contributed by atoms with Crippen molar-refractivity contribution < 1.29 is 9.18 Å². The number of Topliss-reactive ketones (excluding diaryl/α,β-unsaturated/α-hetero) is 1. The molecule has 1 heterocycles. The fraction of sp³-hybridized carbons (Fsp3) is 0.462. The van der Waals surface area contributed by atoms with E-state index >= 15 is 0 Å². The summed E-state index contributed by atoms with van der Waals surface area (Å²) in [5, 5.41) is 0.474. The van der Waals surface area contributed by atoms with E-state index in [2.05, 4.69) is 0 Å². The molecular weight excluding hydrogens is 241 g/mol. The Morgan fingerprint density at radius 2 is 2.00 bits per heavy atom. The van der Waals surface area contributed by atoms with Crippen LogP contribution in [0.25, 0.3) is 0 Å². The second-order valence-electron chi connectivity index (χ2n) is 4.27. The molecule has 1 saturated heterocycles. The Labute approximate surface area is 105 Å². The van der Waals surface area contributed by atoms with Crippen LogP contribution in [0.2, 0.25) is 5.02 Å². The molecule has 1 fully saturated rings. The normalized spacial score (nSPS) is 16.4. The van der Waals surface area contributed by atoms with E-state index in [1.165, 1.54) is 6.07 Å². The first-order valence-electron chi connectivity index (χ1n) is 5.86. The number of anilines is 1. The molecule has 0 N–H and O–H groups in total. The van der Waals surface area contributed by atoms with Crippen molar-refractivity contribution in [1.82, 2.24) is 0 Å². The third-order valence-corrected chi connectivity index (χ3v) is 3.51. The highest BCUT2D eigenvalue weighted by atomic mass is 35.5. The summed E-state index contributed by atoms with van der Waals surface area (Å²) in [6.07, 6.45) is 1.78. The van der Waals surface area contributed by atoms with Crippen molar-refractivity contribution in [2.45, 2.75) is 26.2 Å². The summed E-state index contributed by atoms with van der Waals surface area (Å²) < 4.78 is 13.8. The summed E-state index contributed by atoms with van der Waals surface area (Å²) in [5.74, 6) is -0.0483. The number of carbonyl (C=O) groups is 1. The van der Waals surface area contributed by atoms with Gasteiger partial charge in [0, 0.05) is 31.0 Å². The Hall–Kier alpha value is -1.09. The van der Waals surface area contributed by atoms with Gasteiger partial charge in [0.2, 0.25) is 0 Å². The lowest BCUT2D eigenvalue weighted by Crippen LogP contribution is -2.34. The lowest BCUT2D eigenvalue weighted by atomic mass is 10.1. The Morgan fingerprint density at radius 1 is 1.35 bits per heavy atom. The van der Waals surface area contributed by atoms with Gasteiger partial charge in [-0.1, -0.05) is 18.5 Å². The molecule has 4 heteroatoms. The lowest BCUT2D eigenvalue weighted by molar-refractivity contribution is -0.119. The zero-order valence-corrected chi connectivity index (χ0v) is 10.6. The van der Waals surface area contributed by atoms with Gasteiger partial charge in [0.25, 0.3) is 0 Å². The van der Waals surface area contributed by atoms with Crippen LogP contribution in [0, 0.1) is 5.82 Å². The molecule has 2 nitrogen and oxygen atoms in total.